The molecule has 0 amide bonds. The quantitative estimate of drug-likeness (QED) is 0.789. The highest BCUT2D eigenvalue weighted by atomic mass is 32.1. The summed E-state index contributed by atoms with van der Waals surface area (Å²) >= 11 is 1.89. The average molecular weight is 281 g/mol. The van der Waals surface area contributed by atoms with Gasteiger partial charge in [-0.05, 0) is 25.7 Å². The van der Waals surface area contributed by atoms with Gasteiger partial charge < -0.3 is 10.2 Å². The van der Waals surface area contributed by atoms with Gasteiger partial charge in [-0.3, -0.25) is 0 Å². The number of thiazole rings is 1. The topological polar surface area (TPSA) is 28.2 Å². The van der Waals surface area contributed by atoms with Crippen molar-refractivity contribution in [2.24, 2.45) is 0 Å². The Hall–Kier alpha value is -0.610. The first-order valence-corrected chi connectivity index (χ1v) is 8.45. The molecule has 0 radical (unpaired) electrons. The van der Waals surface area contributed by atoms with Crippen molar-refractivity contribution in [3.8, 4) is 0 Å². The first-order chi connectivity index (χ1) is 9.15. The zero-order valence-electron chi connectivity index (χ0n) is 12.7. The van der Waals surface area contributed by atoms with Crippen LogP contribution < -0.4 is 10.2 Å². The van der Waals surface area contributed by atoms with Gasteiger partial charge in [0.2, 0.25) is 0 Å². The standard InChI is InChI=1S/C15H27N3S/c1-5-9-18(12-7-8-12)15-17-13(6-2)14(19-15)10-16-11(3)4/h11-12,16H,5-10H2,1-4H3. The van der Waals surface area contributed by atoms with E-state index >= 15 is 0 Å². The molecule has 1 aromatic rings. The molecule has 1 heterocycles. The highest BCUT2D eigenvalue weighted by Crippen LogP contribution is 2.35. The molecule has 0 atom stereocenters. The van der Waals surface area contributed by atoms with Gasteiger partial charge in [0.25, 0.3) is 0 Å². The lowest BCUT2D eigenvalue weighted by atomic mass is 10.3. The number of aromatic nitrogens is 1. The lowest BCUT2D eigenvalue weighted by molar-refractivity contribution is 0.590. The fourth-order valence-electron chi connectivity index (χ4n) is 2.27. The lowest BCUT2D eigenvalue weighted by Crippen LogP contribution is -2.26. The van der Waals surface area contributed by atoms with E-state index in [0.717, 1.165) is 25.6 Å². The molecule has 1 N–H and O–H groups in total. The van der Waals surface area contributed by atoms with Crippen LogP contribution in [-0.4, -0.2) is 23.6 Å². The fourth-order valence-corrected chi connectivity index (χ4v) is 3.46. The second-order valence-corrected chi connectivity index (χ2v) is 6.74. The van der Waals surface area contributed by atoms with Crippen LogP contribution in [0.15, 0.2) is 0 Å². The van der Waals surface area contributed by atoms with E-state index in [-0.39, 0.29) is 0 Å². The Labute approximate surface area is 121 Å². The van der Waals surface area contributed by atoms with Crippen molar-refractivity contribution < 1.29 is 0 Å². The molecule has 4 heteroatoms. The van der Waals surface area contributed by atoms with Crippen LogP contribution in [0, 0.1) is 0 Å². The SMILES string of the molecule is CCCN(c1nc(CC)c(CNC(C)C)s1)C1CC1. The van der Waals surface area contributed by atoms with Crippen LogP contribution in [0.3, 0.4) is 0 Å². The van der Waals surface area contributed by atoms with E-state index in [0.29, 0.717) is 6.04 Å². The smallest absolute Gasteiger partial charge is 0.186 e. The minimum Gasteiger partial charge on any atom is -0.345 e. The van der Waals surface area contributed by atoms with E-state index in [9.17, 15) is 0 Å². The molecule has 0 saturated heterocycles. The Bertz CT molecular complexity index is 396. The molecule has 2 rings (SSSR count). The first kappa shape index (κ1) is 14.8. The van der Waals surface area contributed by atoms with Crippen LogP contribution in [-0.2, 0) is 13.0 Å². The third-order valence-electron chi connectivity index (χ3n) is 3.47. The van der Waals surface area contributed by atoms with E-state index in [1.165, 1.54) is 35.0 Å². The van der Waals surface area contributed by atoms with Crippen molar-refractivity contribution >= 4 is 16.5 Å². The Morgan fingerprint density at radius 3 is 2.63 bits per heavy atom. The third kappa shape index (κ3) is 3.93. The maximum absolute atomic E-state index is 4.89. The maximum Gasteiger partial charge on any atom is 0.186 e. The summed E-state index contributed by atoms with van der Waals surface area (Å²) in [5.74, 6) is 0. The summed E-state index contributed by atoms with van der Waals surface area (Å²) < 4.78 is 0. The van der Waals surface area contributed by atoms with Crippen LogP contribution in [0.4, 0.5) is 5.13 Å². The second kappa shape index (κ2) is 6.71. The van der Waals surface area contributed by atoms with Gasteiger partial charge in [0.1, 0.15) is 0 Å². The predicted octanol–water partition coefficient (Wildman–Crippen LogP) is 3.58. The predicted molar refractivity (Wildman–Crippen MR) is 84.1 cm³/mol. The minimum atomic E-state index is 0.533. The van der Waals surface area contributed by atoms with E-state index in [4.69, 9.17) is 4.98 Å². The highest BCUT2D eigenvalue weighted by Gasteiger charge is 2.30. The Morgan fingerprint density at radius 2 is 2.11 bits per heavy atom. The van der Waals surface area contributed by atoms with E-state index in [1.54, 1.807) is 0 Å². The van der Waals surface area contributed by atoms with Gasteiger partial charge >= 0.3 is 0 Å². The maximum atomic E-state index is 4.89. The summed E-state index contributed by atoms with van der Waals surface area (Å²) in [6.07, 6.45) is 4.94. The van der Waals surface area contributed by atoms with Crippen LogP contribution in [0.1, 0.15) is 57.5 Å². The van der Waals surface area contributed by atoms with Gasteiger partial charge in [0.05, 0.1) is 5.69 Å². The van der Waals surface area contributed by atoms with Crippen LogP contribution >= 0.6 is 11.3 Å². The molecule has 1 aromatic heterocycles. The van der Waals surface area contributed by atoms with Gasteiger partial charge in [-0.15, -0.1) is 11.3 Å². The summed E-state index contributed by atoms with van der Waals surface area (Å²) in [7, 11) is 0. The zero-order valence-corrected chi connectivity index (χ0v) is 13.5. The second-order valence-electron chi connectivity index (χ2n) is 5.68. The van der Waals surface area contributed by atoms with Crippen molar-refractivity contribution in [1.82, 2.24) is 10.3 Å². The normalized spacial score (nSPS) is 15.2. The van der Waals surface area contributed by atoms with E-state index in [1.807, 2.05) is 11.3 Å². The Kier molecular flexibility index (Phi) is 5.22. The molecule has 0 unspecified atom stereocenters. The van der Waals surface area contributed by atoms with E-state index < -0.39 is 0 Å². The Morgan fingerprint density at radius 1 is 1.37 bits per heavy atom. The molecule has 3 nitrogen and oxygen atoms in total. The number of anilines is 1. The van der Waals surface area contributed by atoms with E-state index in [2.05, 4.69) is 37.9 Å². The molecule has 0 aromatic carbocycles. The number of rotatable bonds is 8. The Balaban J connectivity index is 2.11. The molecule has 1 fully saturated rings. The summed E-state index contributed by atoms with van der Waals surface area (Å²) in [4.78, 5) is 8.85. The fraction of sp³-hybridized carbons (Fsp3) is 0.800. The van der Waals surface area contributed by atoms with Gasteiger partial charge in [-0.25, -0.2) is 4.98 Å². The minimum absolute atomic E-state index is 0.533. The van der Waals surface area contributed by atoms with Crippen molar-refractivity contribution in [1.29, 1.82) is 0 Å². The van der Waals surface area contributed by atoms with Crippen molar-refractivity contribution in [2.75, 3.05) is 11.4 Å². The van der Waals surface area contributed by atoms with Gasteiger partial charge in [-0.2, -0.15) is 0 Å². The molecule has 1 saturated carbocycles. The van der Waals surface area contributed by atoms with Crippen LogP contribution in [0.2, 0.25) is 0 Å². The molecular weight excluding hydrogens is 254 g/mol. The van der Waals surface area contributed by atoms with Crippen LogP contribution in [0.25, 0.3) is 0 Å². The molecular formula is C15H27N3S. The number of nitrogens with zero attached hydrogens (tertiary/aromatic N) is 2. The lowest BCUT2D eigenvalue weighted by Gasteiger charge is -2.20. The molecule has 1 aliphatic rings. The molecule has 19 heavy (non-hydrogen) atoms. The van der Waals surface area contributed by atoms with Crippen molar-refractivity contribution in [3.05, 3.63) is 10.6 Å². The monoisotopic (exact) mass is 281 g/mol. The van der Waals surface area contributed by atoms with Gasteiger partial charge in [0.15, 0.2) is 5.13 Å². The number of nitrogens with one attached hydrogen (secondary N) is 1. The molecule has 1 aliphatic carbocycles. The highest BCUT2D eigenvalue weighted by molar-refractivity contribution is 7.15. The summed E-state index contributed by atoms with van der Waals surface area (Å²) in [6.45, 7) is 11.0. The molecule has 0 aliphatic heterocycles. The largest absolute Gasteiger partial charge is 0.345 e. The molecule has 108 valence electrons. The summed E-state index contributed by atoms with van der Waals surface area (Å²) in [5.41, 5.74) is 1.29. The van der Waals surface area contributed by atoms with Crippen LogP contribution in [0.5, 0.6) is 0 Å². The van der Waals surface area contributed by atoms with Crippen molar-refractivity contribution in [2.45, 2.75) is 72.0 Å². The van der Waals surface area contributed by atoms with Gasteiger partial charge in [-0.1, -0.05) is 27.7 Å². The summed E-state index contributed by atoms with van der Waals surface area (Å²) in [6, 6.07) is 1.30. The number of aryl methyl sites for hydroxylation is 1. The van der Waals surface area contributed by atoms with Crippen molar-refractivity contribution in [3.63, 3.8) is 0 Å². The molecule has 0 spiro atoms. The third-order valence-corrected chi connectivity index (χ3v) is 4.61. The van der Waals surface area contributed by atoms with Gasteiger partial charge in [0, 0.05) is 30.1 Å². The zero-order chi connectivity index (χ0) is 13.8. The average Bonchev–Trinajstić information content (AvgIpc) is 3.13. The number of hydrogen-bond acceptors (Lipinski definition) is 4. The first-order valence-electron chi connectivity index (χ1n) is 7.64. The molecule has 0 bridgehead atoms. The summed E-state index contributed by atoms with van der Waals surface area (Å²) in [5, 5.41) is 4.77. The number of hydrogen-bond donors (Lipinski definition) is 1.